The molecule has 2 spiro atoms. The van der Waals surface area contributed by atoms with Gasteiger partial charge >= 0.3 is 0 Å². The Bertz CT molecular complexity index is 2160. The number of rotatable bonds is 8. The third-order valence-electron chi connectivity index (χ3n) is 11.4. The van der Waals surface area contributed by atoms with E-state index in [0.29, 0.717) is 75.9 Å². The third kappa shape index (κ3) is 5.67. The predicted octanol–water partition coefficient (Wildman–Crippen LogP) is 4.74. The Labute approximate surface area is 311 Å². The van der Waals surface area contributed by atoms with E-state index in [2.05, 4.69) is 15.1 Å². The number of ether oxygens (including phenoxy) is 3. The molecule has 0 bridgehead atoms. The Morgan fingerprint density at radius 1 is 0.981 bits per heavy atom. The Balaban J connectivity index is 0.956. The summed E-state index contributed by atoms with van der Waals surface area (Å²) in [5, 5.41) is 3.46. The Kier molecular flexibility index (Phi) is 8.09. The van der Waals surface area contributed by atoms with Gasteiger partial charge in [0.1, 0.15) is 23.9 Å². The smallest absolute Gasteiger partial charge is 0.237 e. The van der Waals surface area contributed by atoms with Crippen molar-refractivity contribution in [1.82, 2.24) is 35.0 Å². The molecule has 9 rings (SSSR count). The second kappa shape index (κ2) is 12.6. The highest BCUT2D eigenvalue weighted by Crippen LogP contribution is 2.48. The van der Waals surface area contributed by atoms with Crippen molar-refractivity contribution in [2.75, 3.05) is 60.1 Å². The highest BCUT2D eigenvalue weighted by atomic mass is 35.5. The van der Waals surface area contributed by atoms with Crippen LogP contribution in [0.4, 0.5) is 4.39 Å². The largest absolute Gasteiger partial charge is 0.491 e. The number of hydrogen-bond acceptors (Lipinski definition) is 10. The maximum atomic E-state index is 16.6. The normalized spacial score (nSPS) is 21.0. The van der Waals surface area contributed by atoms with Gasteiger partial charge in [-0.15, -0.1) is 0 Å². The van der Waals surface area contributed by atoms with E-state index < -0.39 is 5.82 Å². The molecule has 12 nitrogen and oxygen atoms in total. The summed E-state index contributed by atoms with van der Waals surface area (Å²) in [4.78, 5) is 44.2. The van der Waals surface area contributed by atoms with Gasteiger partial charge < -0.3 is 24.4 Å². The standard InChI is InChI=1S/C39H39ClFN7O5/c1-22(49)47-18-38(19-47)16-46(17-38)14-29-36(51-2)44-28(13-42-29)25-8-4-6-23(34(25)40)24-7-5-9-26(35(24)41)27-12-31-33(37(43-27)52-3)30(15-53-31)48-20-39(21-48)11-10-32(50)45-39/h4-9,12-13,30H,10-11,14-21H2,1-3H3,(H,45,50)/t30-/m0/s1. The predicted molar refractivity (Wildman–Crippen MR) is 194 cm³/mol. The number of pyridine rings is 1. The lowest BCUT2D eigenvalue weighted by Crippen LogP contribution is -2.72. The van der Waals surface area contributed by atoms with Crippen LogP contribution < -0.4 is 19.5 Å². The summed E-state index contributed by atoms with van der Waals surface area (Å²) < 4.78 is 34.2. The van der Waals surface area contributed by atoms with E-state index in [4.69, 9.17) is 40.8 Å². The van der Waals surface area contributed by atoms with Gasteiger partial charge in [-0.3, -0.25) is 24.4 Å². The lowest BCUT2D eigenvalue weighted by molar-refractivity contribution is -0.157. The fourth-order valence-corrected chi connectivity index (χ4v) is 9.14. The first-order valence-corrected chi connectivity index (χ1v) is 18.2. The Morgan fingerprint density at radius 3 is 2.38 bits per heavy atom. The zero-order valence-electron chi connectivity index (χ0n) is 29.7. The molecule has 0 radical (unpaired) electrons. The minimum Gasteiger partial charge on any atom is -0.491 e. The minimum atomic E-state index is -0.485. The van der Waals surface area contributed by atoms with Crippen LogP contribution >= 0.6 is 11.6 Å². The fraction of sp³-hybridized carbons (Fsp3) is 0.410. The van der Waals surface area contributed by atoms with E-state index in [1.807, 2.05) is 17.0 Å². The van der Waals surface area contributed by atoms with Crippen LogP contribution in [0.25, 0.3) is 33.6 Å². The number of methoxy groups -OCH3 is 2. The molecule has 2 amide bonds. The first kappa shape index (κ1) is 34.0. The van der Waals surface area contributed by atoms with Crippen LogP contribution in [0.2, 0.25) is 5.02 Å². The first-order valence-electron chi connectivity index (χ1n) is 17.8. The highest BCUT2D eigenvalue weighted by molar-refractivity contribution is 6.36. The molecule has 0 saturated carbocycles. The zero-order chi connectivity index (χ0) is 36.6. The number of fused-ring (bicyclic) bond motifs is 1. The van der Waals surface area contributed by atoms with Gasteiger partial charge in [0.25, 0.3) is 0 Å². The van der Waals surface area contributed by atoms with Crippen molar-refractivity contribution in [3.63, 3.8) is 0 Å². The molecule has 0 aliphatic carbocycles. The summed E-state index contributed by atoms with van der Waals surface area (Å²) in [6.45, 7) is 7.46. The van der Waals surface area contributed by atoms with Gasteiger partial charge in [0.2, 0.25) is 23.6 Å². The van der Waals surface area contributed by atoms with Crippen molar-refractivity contribution in [3.05, 3.63) is 70.8 Å². The Morgan fingerprint density at radius 2 is 1.68 bits per heavy atom. The summed E-state index contributed by atoms with van der Waals surface area (Å²) in [5.41, 5.74) is 4.12. The maximum Gasteiger partial charge on any atom is 0.237 e. The summed E-state index contributed by atoms with van der Waals surface area (Å²) in [5.74, 6) is 1.12. The molecule has 4 fully saturated rings. The summed E-state index contributed by atoms with van der Waals surface area (Å²) in [6.07, 6.45) is 3.06. The highest BCUT2D eigenvalue weighted by Gasteiger charge is 2.53. The topological polar surface area (TPSA) is 122 Å². The lowest BCUT2D eigenvalue weighted by atomic mass is 9.73. The lowest BCUT2D eigenvalue weighted by Gasteiger charge is -2.60. The third-order valence-corrected chi connectivity index (χ3v) is 11.8. The van der Waals surface area contributed by atoms with Crippen molar-refractivity contribution < 1.29 is 28.2 Å². The van der Waals surface area contributed by atoms with Gasteiger partial charge in [-0.1, -0.05) is 41.9 Å². The van der Waals surface area contributed by atoms with Crippen molar-refractivity contribution in [2.45, 2.75) is 37.9 Å². The van der Waals surface area contributed by atoms with Crippen molar-refractivity contribution in [2.24, 2.45) is 5.41 Å². The summed E-state index contributed by atoms with van der Waals surface area (Å²) in [7, 11) is 3.12. The number of likely N-dealkylation sites (tertiary alicyclic amines) is 3. The number of nitrogens with one attached hydrogen (secondary N) is 1. The van der Waals surface area contributed by atoms with E-state index in [-0.39, 0.29) is 34.4 Å². The van der Waals surface area contributed by atoms with Crippen LogP contribution in [0.5, 0.6) is 17.5 Å². The van der Waals surface area contributed by atoms with E-state index in [9.17, 15) is 9.59 Å². The van der Waals surface area contributed by atoms with E-state index in [1.165, 1.54) is 0 Å². The molecular formula is C39H39ClFN7O5. The molecule has 5 aliphatic heterocycles. The maximum absolute atomic E-state index is 16.6. The van der Waals surface area contributed by atoms with Crippen LogP contribution in [0.1, 0.15) is 37.1 Å². The van der Waals surface area contributed by atoms with Gasteiger partial charge in [-0.05, 0) is 12.5 Å². The van der Waals surface area contributed by atoms with Crippen LogP contribution in [0.3, 0.4) is 0 Å². The van der Waals surface area contributed by atoms with Crippen molar-refractivity contribution in [3.8, 4) is 51.2 Å². The molecule has 274 valence electrons. The van der Waals surface area contributed by atoms with E-state index >= 15 is 4.39 Å². The van der Waals surface area contributed by atoms with Gasteiger partial charge in [-0.25, -0.2) is 14.4 Å². The number of benzene rings is 2. The number of aromatic nitrogens is 3. The molecule has 4 saturated heterocycles. The molecule has 1 atom stereocenters. The average Bonchev–Trinajstić information content (AvgIpc) is 3.71. The SMILES string of the molecule is COc1nc(-c2cccc(-c3cccc(-c4cc5c(c(OC)n4)[C@@H](N4CC6(CCC(=O)N6)C4)CO5)c3F)c2Cl)cnc1CN1CC2(C1)CN(C(C)=O)C2. The average molecular weight is 740 g/mol. The van der Waals surface area contributed by atoms with E-state index in [0.717, 1.165) is 51.3 Å². The number of hydrogen-bond donors (Lipinski definition) is 1. The van der Waals surface area contributed by atoms with Crippen molar-refractivity contribution >= 4 is 23.4 Å². The summed E-state index contributed by atoms with van der Waals surface area (Å²) in [6, 6.07) is 12.2. The zero-order valence-corrected chi connectivity index (χ0v) is 30.5. The quantitative estimate of drug-likeness (QED) is 0.271. The van der Waals surface area contributed by atoms with Gasteiger partial charge in [0, 0.05) is 92.9 Å². The molecule has 4 aromatic rings. The van der Waals surface area contributed by atoms with Crippen LogP contribution in [0, 0.1) is 11.2 Å². The van der Waals surface area contributed by atoms with E-state index in [1.54, 1.807) is 57.7 Å². The Hall–Kier alpha value is -4.85. The molecule has 1 N–H and O–H groups in total. The summed E-state index contributed by atoms with van der Waals surface area (Å²) >= 11 is 7.03. The van der Waals surface area contributed by atoms with Crippen LogP contribution in [-0.4, -0.2) is 107 Å². The van der Waals surface area contributed by atoms with Crippen molar-refractivity contribution in [1.29, 1.82) is 0 Å². The van der Waals surface area contributed by atoms with Gasteiger partial charge in [0.15, 0.2) is 0 Å². The molecule has 7 heterocycles. The fourth-order valence-electron chi connectivity index (χ4n) is 8.82. The molecule has 0 unspecified atom stereocenters. The van der Waals surface area contributed by atoms with Gasteiger partial charge in [-0.2, -0.15) is 0 Å². The van der Waals surface area contributed by atoms with Crippen LogP contribution in [-0.2, 0) is 16.1 Å². The molecule has 2 aromatic carbocycles. The first-order chi connectivity index (χ1) is 25.6. The second-order valence-electron chi connectivity index (χ2n) is 15.1. The molecule has 5 aliphatic rings. The number of carbonyl (C=O) groups excluding carboxylic acids is 2. The molecule has 2 aromatic heterocycles. The monoisotopic (exact) mass is 739 g/mol. The number of halogens is 2. The minimum absolute atomic E-state index is 0.0756. The number of nitrogens with zero attached hydrogens (tertiary/aromatic N) is 6. The molecular weight excluding hydrogens is 701 g/mol. The second-order valence-corrected chi connectivity index (χ2v) is 15.4. The molecule has 14 heteroatoms. The number of amides is 2. The van der Waals surface area contributed by atoms with Gasteiger partial charge in [0.05, 0.1) is 54.0 Å². The van der Waals surface area contributed by atoms with Crippen LogP contribution in [0.15, 0.2) is 48.7 Å². The number of carbonyl (C=O) groups is 2. The molecule has 53 heavy (non-hydrogen) atoms.